The van der Waals surface area contributed by atoms with Gasteiger partial charge in [-0.1, -0.05) is 25.3 Å². The van der Waals surface area contributed by atoms with E-state index in [1.165, 1.54) is 32.1 Å². The molecule has 1 heterocycles. The van der Waals surface area contributed by atoms with E-state index in [1.807, 2.05) is 18.2 Å². The summed E-state index contributed by atoms with van der Waals surface area (Å²) in [5, 5.41) is 13.9. The molecule has 2 aromatic rings. The third-order valence-electron chi connectivity index (χ3n) is 5.86. The van der Waals surface area contributed by atoms with Crippen LogP contribution in [0.2, 0.25) is 0 Å². The van der Waals surface area contributed by atoms with Gasteiger partial charge in [-0.2, -0.15) is 0 Å². The summed E-state index contributed by atoms with van der Waals surface area (Å²) in [6.45, 7) is 2.43. The highest BCUT2D eigenvalue weighted by Gasteiger charge is 2.20. The molecule has 1 aliphatic rings. The zero-order valence-corrected chi connectivity index (χ0v) is 18.8. The van der Waals surface area contributed by atoms with E-state index < -0.39 is 6.10 Å². The number of benzene rings is 1. The van der Waals surface area contributed by atoms with Gasteiger partial charge in [-0.15, -0.1) is 0 Å². The van der Waals surface area contributed by atoms with Gasteiger partial charge >= 0.3 is 0 Å². The molecule has 1 aromatic heterocycles. The lowest BCUT2D eigenvalue weighted by Gasteiger charge is -2.32. The monoisotopic (exact) mass is 428 g/mol. The molecule has 3 rings (SSSR count). The van der Waals surface area contributed by atoms with Crippen LogP contribution < -0.4 is 14.8 Å². The smallest absolute Gasteiger partial charge is 0.161 e. The van der Waals surface area contributed by atoms with Gasteiger partial charge in [-0.25, -0.2) is 0 Å². The molecule has 170 valence electrons. The van der Waals surface area contributed by atoms with E-state index in [0.29, 0.717) is 24.1 Å². The van der Waals surface area contributed by atoms with Crippen molar-refractivity contribution in [2.75, 3.05) is 33.9 Å². The molecule has 2 N–H and O–H groups in total. The molecular weight excluding hydrogens is 392 g/mol. The Labute approximate surface area is 185 Å². The molecule has 1 unspecified atom stereocenters. The fourth-order valence-corrected chi connectivity index (χ4v) is 4.09. The summed E-state index contributed by atoms with van der Waals surface area (Å²) in [7, 11) is 3.74. The van der Waals surface area contributed by atoms with Crippen LogP contribution in [0, 0.1) is 0 Å². The van der Waals surface area contributed by atoms with Crippen LogP contribution in [0.1, 0.15) is 43.4 Å². The predicted octanol–water partition coefficient (Wildman–Crippen LogP) is 2.82. The van der Waals surface area contributed by atoms with Crippen LogP contribution in [0.4, 0.5) is 0 Å². The molecule has 1 aromatic carbocycles. The van der Waals surface area contributed by atoms with Crippen molar-refractivity contribution < 1.29 is 14.6 Å². The van der Waals surface area contributed by atoms with Crippen molar-refractivity contribution in [1.29, 1.82) is 0 Å². The molecule has 1 fully saturated rings. The standard InChI is InChI=1S/C24H36N4O3/c1-28(21-6-4-3-5-7-21)17-22(29)18-31-23-9-8-19(14-24(23)30-2)15-25-11-10-20-16-26-12-13-27-20/h8-9,12-14,16,21-22,25,29H,3-7,10-11,15,17-18H2,1-2H3. The first-order chi connectivity index (χ1) is 15.2. The predicted molar refractivity (Wildman–Crippen MR) is 121 cm³/mol. The quantitative estimate of drug-likeness (QED) is 0.503. The number of aromatic nitrogens is 2. The summed E-state index contributed by atoms with van der Waals surface area (Å²) in [5.74, 6) is 1.34. The van der Waals surface area contributed by atoms with Crippen LogP contribution in [-0.4, -0.2) is 66.0 Å². The Kier molecular flexibility index (Phi) is 9.52. The Balaban J connectivity index is 1.42. The second-order valence-electron chi connectivity index (χ2n) is 8.30. The van der Waals surface area contributed by atoms with Gasteiger partial charge < -0.3 is 24.8 Å². The maximum Gasteiger partial charge on any atom is 0.161 e. The Hall–Kier alpha value is -2.22. The molecule has 31 heavy (non-hydrogen) atoms. The number of hydrogen-bond donors (Lipinski definition) is 2. The van der Waals surface area contributed by atoms with Crippen molar-refractivity contribution in [3.05, 3.63) is 48.0 Å². The maximum atomic E-state index is 10.4. The van der Waals surface area contributed by atoms with Gasteiger partial charge in [0.25, 0.3) is 0 Å². The second-order valence-corrected chi connectivity index (χ2v) is 8.30. The highest BCUT2D eigenvalue weighted by molar-refractivity contribution is 5.43. The Morgan fingerprint density at radius 1 is 1.19 bits per heavy atom. The number of methoxy groups -OCH3 is 1. The van der Waals surface area contributed by atoms with Crippen molar-refractivity contribution in [1.82, 2.24) is 20.2 Å². The lowest BCUT2D eigenvalue weighted by atomic mass is 9.94. The third-order valence-corrected chi connectivity index (χ3v) is 5.86. The number of nitrogens with one attached hydrogen (secondary N) is 1. The number of hydrogen-bond acceptors (Lipinski definition) is 7. The Bertz CT molecular complexity index is 769. The zero-order chi connectivity index (χ0) is 21.9. The maximum absolute atomic E-state index is 10.4. The zero-order valence-electron chi connectivity index (χ0n) is 18.8. The summed E-state index contributed by atoms with van der Waals surface area (Å²) in [4.78, 5) is 10.6. The summed E-state index contributed by atoms with van der Waals surface area (Å²) < 4.78 is 11.4. The van der Waals surface area contributed by atoms with Gasteiger partial charge in [0.2, 0.25) is 0 Å². The van der Waals surface area contributed by atoms with E-state index in [-0.39, 0.29) is 6.61 Å². The molecule has 1 saturated carbocycles. The fraction of sp³-hybridized carbons (Fsp3) is 0.583. The molecule has 0 bridgehead atoms. The average molecular weight is 429 g/mol. The minimum Gasteiger partial charge on any atom is -0.493 e. The van der Waals surface area contributed by atoms with Crippen LogP contribution in [0.3, 0.4) is 0 Å². The highest BCUT2D eigenvalue weighted by atomic mass is 16.5. The minimum atomic E-state index is -0.529. The average Bonchev–Trinajstić information content (AvgIpc) is 2.82. The number of aliphatic hydroxyl groups is 1. The number of rotatable bonds is 12. The van der Waals surface area contributed by atoms with Crippen LogP contribution >= 0.6 is 0 Å². The van der Waals surface area contributed by atoms with Crippen LogP contribution in [0.25, 0.3) is 0 Å². The molecule has 0 radical (unpaired) electrons. The van der Waals surface area contributed by atoms with E-state index in [2.05, 4.69) is 27.2 Å². The highest BCUT2D eigenvalue weighted by Crippen LogP contribution is 2.28. The number of ether oxygens (including phenoxy) is 2. The second kappa shape index (κ2) is 12.6. The largest absolute Gasteiger partial charge is 0.493 e. The van der Waals surface area contributed by atoms with Gasteiger partial charge in [0.05, 0.1) is 12.8 Å². The number of aliphatic hydroxyl groups excluding tert-OH is 1. The fourth-order valence-electron chi connectivity index (χ4n) is 4.09. The summed E-state index contributed by atoms with van der Waals surface area (Å²) >= 11 is 0. The van der Waals surface area contributed by atoms with Gasteiger partial charge in [-0.3, -0.25) is 9.97 Å². The first-order valence-corrected chi connectivity index (χ1v) is 11.3. The molecule has 7 heteroatoms. The SMILES string of the molecule is COc1cc(CNCCc2cnccn2)ccc1OCC(O)CN(C)C1CCCCC1. The molecule has 0 spiro atoms. The van der Waals surface area contributed by atoms with Crippen LogP contribution in [0.15, 0.2) is 36.8 Å². The van der Waals surface area contributed by atoms with E-state index >= 15 is 0 Å². The molecule has 0 saturated heterocycles. The normalized spacial score (nSPS) is 15.7. The van der Waals surface area contributed by atoms with E-state index in [4.69, 9.17) is 9.47 Å². The lowest BCUT2D eigenvalue weighted by Crippen LogP contribution is -2.40. The summed E-state index contributed by atoms with van der Waals surface area (Å²) in [5.41, 5.74) is 2.09. The van der Waals surface area contributed by atoms with E-state index in [1.54, 1.807) is 25.7 Å². The Morgan fingerprint density at radius 2 is 2.03 bits per heavy atom. The van der Waals surface area contributed by atoms with Crippen LogP contribution in [-0.2, 0) is 13.0 Å². The number of nitrogens with zero attached hydrogens (tertiary/aromatic N) is 3. The Morgan fingerprint density at radius 3 is 2.77 bits per heavy atom. The summed E-state index contributed by atoms with van der Waals surface area (Å²) in [6.07, 6.45) is 11.9. The lowest BCUT2D eigenvalue weighted by molar-refractivity contribution is 0.0553. The molecular formula is C24H36N4O3. The van der Waals surface area contributed by atoms with Gasteiger partial charge in [0.15, 0.2) is 11.5 Å². The van der Waals surface area contributed by atoms with Crippen molar-refractivity contribution in [2.45, 2.75) is 57.2 Å². The third kappa shape index (κ3) is 7.76. The molecule has 1 aliphatic carbocycles. The van der Waals surface area contributed by atoms with E-state index in [9.17, 15) is 5.11 Å². The molecule has 7 nitrogen and oxygen atoms in total. The minimum absolute atomic E-state index is 0.253. The van der Waals surface area contributed by atoms with Crippen molar-refractivity contribution in [2.24, 2.45) is 0 Å². The molecule has 0 aliphatic heterocycles. The van der Waals surface area contributed by atoms with Crippen molar-refractivity contribution >= 4 is 0 Å². The molecule has 0 amide bonds. The van der Waals surface area contributed by atoms with Crippen molar-refractivity contribution in [3.63, 3.8) is 0 Å². The molecule has 1 atom stereocenters. The summed E-state index contributed by atoms with van der Waals surface area (Å²) in [6, 6.07) is 6.49. The first kappa shape index (κ1) is 23.4. The van der Waals surface area contributed by atoms with E-state index in [0.717, 1.165) is 30.8 Å². The van der Waals surface area contributed by atoms with Gasteiger partial charge in [-0.05, 0) is 37.6 Å². The topological polar surface area (TPSA) is 79.7 Å². The van der Waals surface area contributed by atoms with Gasteiger partial charge in [0, 0.05) is 50.7 Å². The number of likely N-dealkylation sites (N-methyl/N-ethyl adjacent to an activating group) is 1. The van der Waals surface area contributed by atoms with Gasteiger partial charge in [0.1, 0.15) is 12.7 Å². The first-order valence-electron chi connectivity index (χ1n) is 11.3. The van der Waals surface area contributed by atoms with Crippen LogP contribution in [0.5, 0.6) is 11.5 Å². The van der Waals surface area contributed by atoms with Crippen molar-refractivity contribution in [3.8, 4) is 11.5 Å².